The van der Waals surface area contributed by atoms with Crippen LogP contribution in [0.15, 0.2) is 18.2 Å². The van der Waals surface area contributed by atoms with Crippen LogP contribution in [0.4, 0.5) is 10.1 Å². The Morgan fingerprint density at radius 3 is 2.63 bits per heavy atom. The van der Waals surface area contributed by atoms with Gasteiger partial charge < -0.3 is 10.4 Å². The van der Waals surface area contributed by atoms with Crippen molar-refractivity contribution in [2.75, 3.05) is 17.4 Å². The zero-order valence-electron chi connectivity index (χ0n) is 15.5. The molecule has 0 aliphatic carbocycles. The summed E-state index contributed by atoms with van der Waals surface area (Å²) >= 11 is 0. The van der Waals surface area contributed by atoms with Gasteiger partial charge in [0.25, 0.3) is 5.91 Å². The molecule has 3 N–H and O–H groups in total. The number of rotatable bonds is 4. The van der Waals surface area contributed by atoms with E-state index in [2.05, 4.69) is 26.1 Å². The second-order valence-electron chi connectivity index (χ2n) is 8.11. The fourth-order valence-corrected chi connectivity index (χ4v) is 4.41. The summed E-state index contributed by atoms with van der Waals surface area (Å²) < 4.78 is 41.5. The molecular formula is C18H24FN3O4S. The van der Waals surface area contributed by atoms with Crippen molar-refractivity contribution in [3.63, 3.8) is 0 Å². The molecular weight excluding hydrogens is 373 g/mol. The first-order valence-electron chi connectivity index (χ1n) is 8.77. The Hall–Kier alpha value is -2.13. The van der Waals surface area contributed by atoms with Gasteiger partial charge in [0, 0.05) is 18.2 Å². The zero-order chi connectivity index (χ0) is 20.0. The van der Waals surface area contributed by atoms with E-state index in [1.54, 1.807) is 4.72 Å². The molecule has 0 unspecified atom stereocenters. The fourth-order valence-electron chi connectivity index (χ4n) is 3.25. The van der Waals surface area contributed by atoms with Gasteiger partial charge in [0.15, 0.2) is 5.82 Å². The third-order valence-electron chi connectivity index (χ3n) is 4.67. The summed E-state index contributed by atoms with van der Waals surface area (Å²) in [6, 6.07) is 2.77. The van der Waals surface area contributed by atoms with Gasteiger partial charge in [-0.05, 0) is 36.0 Å². The molecule has 0 aromatic heterocycles. The molecule has 0 radical (unpaired) electrons. The second-order valence-corrected chi connectivity index (χ2v) is 9.71. The van der Waals surface area contributed by atoms with Crippen LogP contribution >= 0.6 is 0 Å². The lowest BCUT2D eigenvalue weighted by Gasteiger charge is -2.19. The first kappa shape index (κ1) is 19.6. The smallest absolute Gasteiger partial charge is 0.326 e. The average Bonchev–Trinajstić information content (AvgIpc) is 3.09. The Morgan fingerprint density at radius 1 is 1.33 bits per heavy atom. The number of carbonyl (C=O) groups excluding carboxylic acids is 1. The topological polar surface area (TPSA) is 98.7 Å². The molecule has 1 saturated heterocycles. The molecule has 27 heavy (non-hydrogen) atoms. The van der Waals surface area contributed by atoms with Gasteiger partial charge in [0.1, 0.15) is 18.0 Å². The number of nitrogens with zero attached hydrogens (tertiary/aromatic N) is 1. The van der Waals surface area contributed by atoms with Crippen LogP contribution < -0.4 is 14.3 Å². The fraction of sp³-hybridized carbons (Fsp3) is 0.500. The first-order chi connectivity index (χ1) is 12.5. The molecule has 1 fully saturated rings. The number of amides is 1. The SMILES string of the molecule is CC(C)(C)CC[C@H]1C=C(c2ccc(O)c(N3CC(=O)NS3(=O)=O)c2F)CN1. The third-order valence-corrected chi connectivity index (χ3v) is 6.05. The molecule has 2 aliphatic heterocycles. The Bertz CT molecular complexity index is 906. The van der Waals surface area contributed by atoms with E-state index >= 15 is 4.39 Å². The van der Waals surface area contributed by atoms with Crippen molar-refractivity contribution in [1.82, 2.24) is 10.0 Å². The maximum Gasteiger partial charge on any atom is 0.326 e. The van der Waals surface area contributed by atoms with Crippen molar-refractivity contribution >= 4 is 27.4 Å². The van der Waals surface area contributed by atoms with Gasteiger partial charge in [0.05, 0.1) is 0 Å². The molecule has 148 valence electrons. The number of hydrogen-bond donors (Lipinski definition) is 3. The maximum atomic E-state index is 15.1. The highest BCUT2D eigenvalue weighted by Crippen LogP contribution is 2.38. The first-order valence-corrected chi connectivity index (χ1v) is 10.2. The zero-order valence-corrected chi connectivity index (χ0v) is 16.4. The number of nitrogens with one attached hydrogen (secondary N) is 2. The van der Waals surface area contributed by atoms with E-state index in [0.29, 0.717) is 16.4 Å². The minimum absolute atomic E-state index is 0.106. The highest BCUT2D eigenvalue weighted by Gasteiger charge is 2.38. The monoisotopic (exact) mass is 397 g/mol. The molecule has 9 heteroatoms. The number of benzene rings is 1. The Balaban J connectivity index is 1.92. The van der Waals surface area contributed by atoms with Crippen LogP contribution in [0.3, 0.4) is 0 Å². The molecule has 7 nitrogen and oxygen atoms in total. The number of hydrogen-bond acceptors (Lipinski definition) is 5. The Morgan fingerprint density at radius 2 is 2.04 bits per heavy atom. The highest BCUT2D eigenvalue weighted by atomic mass is 32.2. The van der Waals surface area contributed by atoms with Crippen LogP contribution in [0.2, 0.25) is 0 Å². The number of carbonyl (C=O) groups is 1. The van der Waals surface area contributed by atoms with Gasteiger partial charge >= 0.3 is 10.2 Å². The van der Waals surface area contributed by atoms with E-state index in [1.807, 2.05) is 6.08 Å². The lowest BCUT2D eigenvalue weighted by Crippen LogP contribution is -2.30. The summed E-state index contributed by atoms with van der Waals surface area (Å²) in [6.07, 6.45) is 3.84. The predicted molar refractivity (Wildman–Crippen MR) is 101 cm³/mol. The molecule has 2 heterocycles. The number of aromatic hydroxyl groups is 1. The minimum atomic E-state index is -4.21. The molecule has 1 atom stereocenters. The van der Waals surface area contributed by atoms with Crippen molar-refractivity contribution in [3.8, 4) is 5.75 Å². The largest absolute Gasteiger partial charge is 0.506 e. The minimum Gasteiger partial charge on any atom is -0.506 e. The lowest BCUT2D eigenvalue weighted by atomic mass is 9.89. The Labute approximate surface area is 158 Å². The maximum absolute atomic E-state index is 15.1. The van der Waals surface area contributed by atoms with Crippen LogP contribution in [0, 0.1) is 11.2 Å². The van der Waals surface area contributed by atoms with Gasteiger partial charge in [-0.1, -0.05) is 26.8 Å². The third kappa shape index (κ3) is 4.08. The predicted octanol–water partition coefficient (Wildman–Crippen LogP) is 1.89. The number of halogens is 1. The molecule has 1 amide bonds. The number of phenolic OH excluding ortho intramolecular Hbond substituents is 1. The number of anilines is 1. The average molecular weight is 397 g/mol. The van der Waals surface area contributed by atoms with E-state index in [0.717, 1.165) is 12.8 Å². The summed E-state index contributed by atoms with van der Waals surface area (Å²) in [7, 11) is -4.21. The summed E-state index contributed by atoms with van der Waals surface area (Å²) in [6.45, 7) is 6.35. The van der Waals surface area contributed by atoms with Crippen molar-refractivity contribution in [2.24, 2.45) is 5.41 Å². The summed E-state index contributed by atoms with van der Waals surface area (Å²) in [5.41, 5.74) is 0.593. The summed E-state index contributed by atoms with van der Waals surface area (Å²) in [4.78, 5) is 11.4. The van der Waals surface area contributed by atoms with E-state index < -0.39 is 39.9 Å². The Kier molecular flexibility index (Phi) is 4.94. The van der Waals surface area contributed by atoms with Crippen molar-refractivity contribution in [2.45, 2.75) is 39.7 Å². The molecule has 1 aromatic rings. The highest BCUT2D eigenvalue weighted by molar-refractivity contribution is 7.92. The molecule has 1 aromatic carbocycles. The van der Waals surface area contributed by atoms with Gasteiger partial charge in [-0.15, -0.1) is 0 Å². The van der Waals surface area contributed by atoms with Gasteiger partial charge in [-0.2, -0.15) is 8.42 Å². The van der Waals surface area contributed by atoms with Crippen LogP contribution in [0.1, 0.15) is 39.2 Å². The van der Waals surface area contributed by atoms with Crippen LogP contribution in [-0.2, 0) is 15.0 Å². The standard InChI is InChI=1S/C18H24FN3O4S/c1-18(2,3)7-6-12-8-11(9-20-12)13-4-5-14(23)17(16(13)19)22-10-15(24)21-27(22,25)26/h4-5,8,12,20,23H,6-7,9-10H2,1-3H3,(H,21,24)/t12-/m0/s1. The molecule has 0 spiro atoms. The summed E-state index contributed by atoms with van der Waals surface area (Å²) in [5.74, 6) is -2.17. The van der Waals surface area contributed by atoms with Crippen molar-refractivity contribution < 1.29 is 22.7 Å². The number of phenols is 1. The van der Waals surface area contributed by atoms with E-state index in [9.17, 15) is 18.3 Å². The van der Waals surface area contributed by atoms with Crippen LogP contribution in [0.5, 0.6) is 5.75 Å². The molecule has 0 bridgehead atoms. The van der Waals surface area contributed by atoms with Crippen LogP contribution in [0.25, 0.3) is 5.57 Å². The normalized spacial score (nSPS) is 22.1. The lowest BCUT2D eigenvalue weighted by molar-refractivity contribution is -0.117. The summed E-state index contributed by atoms with van der Waals surface area (Å²) in [5, 5.41) is 13.4. The van der Waals surface area contributed by atoms with Crippen LogP contribution in [-0.4, -0.2) is 38.6 Å². The van der Waals surface area contributed by atoms with E-state index in [4.69, 9.17) is 0 Å². The quantitative estimate of drug-likeness (QED) is 0.721. The van der Waals surface area contributed by atoms with Crippen molar-refractivity contribution in [3.05, 3.63) is 29.6 Å². The molecule has 0 saturated carbocycles. The van der Waals surface area contributed by atoms with E-state index in [-0.39, 0.29) is 17.0 Å². The second kappa shape index (κ2) is 6.79. The van der Waals surface area contributed by atoms with Gasteiger partial charge in [-0.3, -0.25) is 4.79 Å². The van der Waals surface area contributed by atoms with Gasteiger partial charge in [0.2, 0.25) is 0 Å². The molecule has 3 rings (SSSR count). The van der Waals surface area contributed by atoms with Gasteiger partial charge in [-0.25, -0.2) is 13.4 Å². The van der Waals surface area contributed by atoms with Crippen molar-refractivity contribution in [1.29, 1.82) is 0 Å². The molecule has 2 aliphatic rings. The van der Waals surface area contributed by atoms with E-state index in [1.165, 1.54) is 12.1 Å².